The molecule has 1 aromatic heterocycles. The van der Waals surface area contributed by atoms with Gasteiger partial charge in [0.05, 0.1) is 19.9 Å². The lowest BCUT2D eigenvalue weighted by atomic mass is 10.2. The predicted octanol–water partition coefficient (Wildman–Crippen LogP) is 2.70. The van der Waals surface area contributed by atoms with E-state index in [1.165, 1.54) is 5.56 Å². The molecule has 2 aromatic rings. The molecule has 0 fully saturated rings. The molecule has 0 aliphatic rings. The Bertz CT molecular complexity index is 539. The van der Waals surface area contributed by atoms with Crippen molar-refractivity contribution in [1.29, 1.82) is 0 Å². The number of methoxy groups -OCH3 is 1. The summed E-state index contributed by atoms with van der Waals surface area (Å²) in [6.07, 6.45) is 3.91. The van der Waals surface area contributed by atoms with E-state index < -0.39 is 0 Å². The van der Waals surface area contributed by atoms with Gasteiger partial charge in [0.1, 0.15) is 5.75 Å². The van der Waals surface area contributed by atoms with E-state index in [-0.39, 0.29) is 0 Å². The summed E-state index contributed by atoms with van der Waals surface area (Å²) in [5.74, 6) is 0.827. The van der Waals surface area contributed by atoms with E-state index in [1.54, 1.807) is 7.11 Å². The van der Waals surface area contributed by atoms with Gasteiger partial charge in [-0.3, -0.25) is 4.68 Å². The van der Waals surface area contributed by atoms with Crippen LogP contribution >= 0.6 is 11.6 Å². The van der Waals surface area contributed by atoms with Crippen LogP contribution in [0.25, 0.3) is 0 Å². The van der Waals surface area contributed by atoms with Crippen molar-refractivity contribution < 1.29 is 4.74 Å². The summed E-state index contributed by atoms with van der Waals surface area (Å²) in [7, 11) is 1.66. The Labute approximate surface area is 118 Å². The Morgan fingerprint density at radius 3 is 3.00 bits per heavy atom. The maximum Gasteiger partial charge on any atom is 0.124 e. The molecule has 5 heteroatoms. The lowest BCUT2D eigenvalue weighted by Crippen LogP contribution is -2.11. The number of aromatic nitrogens is 2. The fourth-order valence-electron chi connectivity index (χ4n) is 1.90. The minimum Gasteiger partial charge on any atom is -0.496 e. The number of hydrogen-bond acceptors (Lipinski definition) is 3. The fourth-order valence-corrected chi connectivity index (χ4v) is 2.09. The van der Waals surface area contributed by atoms with Crippen molar-refractivity contribution in [3.05, 3.63) is 46.7 Å². The Hall–Kier alpha value is -1.52. The second kappa shape index (κ2) is 6.59. The summed E-state index contributed by atoms with van der Waals surface area (Å²) in [5, 5.41) is 8.33. The molecule has 0 amide bonds. The molecular formula is C14H18ClN3O. The molecule has 1 aromatic carbocycles. The van der Waals surface area contributed by atoms with Gasteiger partial charge in [-0.05, 0) is 24.7 Å². The monoisotopic (exact) mass is 279 g/mol. The van der Waals surface area contributed by atoms with E-state index in [2.05, 4.69) is 17.3 Å². The zero-order chi connectivity index (χ0) is 13.7. The Kier molecular flexibility index (Phi) is 4.82. The first-order chi connectivity index (χ1) is 9.22. The maximum absolute atomic E-state index is 6.02. The third-order valence-corrected chi connectivity index (χ3v) is 3.08. The van der Waals surface area contributed by atoms with Crippen LogP contribution in [-0.2, 0) is 13.1 Å². The first kappa shape index (κ1) is 13.9. The summed E-state index contributed by atoms with van der Waals surface area (Å²) >= 11 is 6.02. The zero-order valence-electron chi connectivity index (χ0n) is 11.2. The van der Waals surface area contributed by atoms with Crippen molar-refractivity contribution in [1.82, 2.24) is 15.1 Å². The van der Waals surface area contributed by atoms with Gasteiger partial charge in [0.25, 0.3) is 0 Å². The van der Waals surface area contributed by atoms with Gasteiger partial charge in [-0.2, -0.15) is 5.10 Å². The minimum atomic E-state index is 0.649. The van der Waals surface area contributed by atoms with Crippen molar-refractivity contribution in [3.8, 4) is 5.75 Å². The Morgan fingerprint density at radius 2 is 2.26 bits per heavy atom. The molecule has 0 atom stereocenters. The van der Waals surface area contributed by atoms with Gasteiger partial charge in [0, 0.05) is 28.9 Å². The van der Waals surface area contributed by atoms with E-state index >= 15 is 0 Å². The van der Waals surface area contributed by atoms with E-state index in [9.17, 15) is 0 Å². The van der Waals surface area contributed by atoms with E-state index in [0.717, 1.165) is 24.4 Å². The van der Waals surface area contributed by atoms with Crippen molar-refractivity contribution >= 4 is 11.6 Å². The van der Waals surface area contributed by atoms with Gasteiger partial charge in [-0.15, -0.1) is 0 Å². The molecule has 0 radical (unpaired) electrons. The van der Waals surface area contributed by atoms with Crippen molar-refractivity contribution in [2.45, 2.75) is 20.0 Å². The van der Waals surface area contributed by atoms with E-state index in [4.69, 9.17) is 16.3 Å². The number of hydrogen-bond donors (Lipinski definition) is 1. The van der Waals surface area contributed by atoms with Crippen molar-refractivity contribution in [2.75, 3.05) is 13.7 Å². The van der Waals surface area contributed by atoms with Crippen LogP contribution < -0.4 is 10.1 Å². The summed E-state index contributed by atoms with van der Waals surface area (Å²) in [6, 6.07) is 5.61. The van der Waals surface area contributed by atoms with Gasteiger partial charge >= 0.3 is 0 Å². The fraction of sp³-hybridized carbons (Fsp3) is 0.357. The summed E-state index contributed by atoms with van der Waals surface area (Å²) in [4.78, 5) is 0. The van der Waals surface area contributed by atoms with Crippen LogP contribution in [0.1, 0.15) is 18.1 Å². The highest BCUT2D eigenvalue weighted by atomic mass is 35.5. The average Bonchev–Trinajstić information content (AvgIpc) is 2.84. The number of nitrogens with zero attached hydrogens (tertiary/aromatic N) is 2. The number of halogens is 1. The molecule has 1 heterocycles. The number of rotatable bonds is 6. The van der Waals surface area contributed by atoms with E-state index in [1.807, 2.05) is 35.3 Å². The van der Waals surface area contributed by atoms with Crippen molar-refractivity contribution in [3.63, 3.8) is 0 Å². The van der Waals surface area contributed by atoms with Crippen molar-refractivity contribution in [2.24, 2.45) is 0 Å². The van der Waals surface area contributed by atoms with Gasteiger partial charge in [-0.1, -0.05) is 18.5 Å². The first-order valence-corrected chi connectivity index (χ1v) is 6.65. The highest BCUT2D eigenvalue weighted by molar-refractivity contribution is 6.30. The van der Waals surface area contributed by atoms with Crippen LogP contribution in [0, 0.1) is 0 Å². The lowest BCUT2D eigenvalue weighted by molar-refractivity contribution is 0.407. The van der Waals surface area contributed by atoms with Gasteiger partial charge in [0.2, 0.25) is 0 Å². The second-order valence-electron chi connectivity index (χ2n) is 4.28. The maximum atomic E-state index is 6.02. The molecule has 102 valence electrons. The molecule has 0 aliphatic heterocycles. The largest absolute Gasteiger partial charge is 0.496 e. The molecule has 0 saturated carbocycles. The molecule has 0 bridgehead atoms. The predicted molar refractivity (Wildman–Crippen MR) is 76.7 cm³/mol. The third-order valence-electron chi connectivity index (χ3n) is 2.84. The molecule has 0 aliphatic carbocycles. The third kappa shape index (κ3) is 3.72. The Morgan fingerprint density at radius 1 is 1.42 bits per heavy atom. The minimum absolute atomic E-state index is 0.649. The summed E-state index contributed by atoms with van der Waals surface area (Å²) in [5.41, 5.74) is 2.19. The summed E-state index contributed by atoms with van der Waals surface area (Å²) in [6.45, 7) is 4.52. The topological polar surface area (TPSA) is 39.1 Å². The van der Waals surface area contributed by atoms with Crippen LogP contribution in [0.2, 0.25) is 5.02 Å². The summed E-state index contributed by atoms with van der Waals surface area (Å²) < 4.78 is 7.22. The molecule has 0 spiro atoms. The second-order valence-corrected chi connectivity index (χ2v) is 4.72. The molecule has 2 rings (SSSR count). The first-order valence-electron chi connectivity index (χ1n) is 6.27. The normalized spacial score (nSPS) is 10.7. The molecular weight excluding hydrogens is 262 g/mol. The smallest absolute Gasteiger partial charge is 0.124 e. The standard InChI is InChI=1S/C14H18ClN3O/c1-3-16-7-11-8-17-18(9-11)10-12-6-13(15)4-5-14(12)19-2/h4-6,8-9,16H,3,7,10H2,1-2H3. The molecule has 0 saturated heterocycles. The average molecular weight is 280 g/mol. The van der Waals surface area contributed by atoms with Gasteiger partial charge in [0.15, 0.2) is 0 Å². The Balaban J connectivity index is 2.12. The van der Waals surface area contributed by atoms with Crippen LogP contribution in [0.5, 0.6) is 5.75 Å². The molecule has 4 nitrogen and oxygen atoms in total. The molecule has 1 N–H and O–H groups in total. The van der Waals surface area contributed by atoms with Crippen LogP contribution in [0.15, 0.2) is 30.6 Å². The van der Waals surface area contributed by atoms with Gasteiger partial charge < -0.3 is 10.1 Å². The van der Waals surface area contributed by atoms with Crippen LogP contribution in [-0.4, -0.2) is 23.4 Å². The zero-order valence-corrected chi connectivity index (χ0v) is 11.9. The highest BCUT2D eigenvalue weighted by Crippen LogP contribution is 2.23. The number of benzene rings is 1. The van der Waals surface area contributed by atoms with Crippen LogP contribution in [0.4, 0.5) is 0 Å². The molecule has 0 unspecified atom stereocenters. The number of ether oxygens (including phenoxy) is 1. The lowest BCUT2D eigenvalue weighted by Gasteiger charge is -2.08. The van der Waals surface area contributed by atoms with E-state index in [0.29, 0.717) is 11.6 Å². The van der Waals surface area contributed by atoms with Crippen LogP contribution in [0.3, 0.4) is 0 Å². The highest BCUT2D eigenvalue weighted by Gasteiger charge is 2.06. The SMILES string of the molecule is CCNCc1cnn(Cc2cc(Cl)ccc2OC)c1. The number of nitrogens with one attached hydrogen (secondary N) is 1. The van der Waals surface area contributed by atoms with Gasteiger partial charge in [-0.25, -0.2) is 0 Å². The quantitative estimate of drug-likeness (QED) is 0.884. The molecule has 19 heavy (non-hydrogen) atoms.